The Bertz CT molecular complexity index is 522. The van der Waals surface area contributed by atoms with Gasteiger partial charge in [-0.1, -0.05) is 12.1 Å². The molecular formula is C13H21N3O3S. The Morgan fingerprint density at radius 2 is 1.75 bits per heavy atom. The van der Waals surface area contributed by atoms with Crippen molar-refractivity contribution in [3.63, 3.8) is 0 Å². The van der Waals surface area contributed by atoms with E-state index in [2.05, 4.69) is 9.73 Å². The normalized spacial score (nSPS) is 18.3. The summed E-state index contributed by atoms with van der Waals surface area (Å²) in [6.45, 7) is 3.11. The van der Waals surface area contributed by atoms with Crippen LogP contribution in [0.3, 0.4) is 0 Å². The zero-order valence-corrected chi connectivity index (χ0v) is 12.4. The van der Waals surface area contributed by atoms with Crippen LogP contribution in [0.2, 0.25) is 0 Å². The monoisotopic (exact) mass is 299 g/mol. The van der Waals surface area contributed by atoms with Gasteiger partial charge in [0.15, 0.2) is 0 Å². The Morgan fingerprint density at radius 3 is 2.30 bits per heavy atom. The van der Waals surface area contributed by atoms with Gasteiger partial charge in [-0.25, -0.2) is 13.4 Å². The molecule has 1 aliphatic heterocycles. The maximum absolute atomic E-state index is 12.2. The Morgan fingerprint density at radius 1 is 1.15 bits per heavy atom. The molecule has 1 aliphatic rings. The van der Waals surface area contributed by atoms with Gasteiger partial charge in [-0.3, -0.25) is 0 Å². The number of benzene rings is 1. The van der Waals surface area contributed by atoms with Crippen LogP contribution in [-0.2, 0) is 16.4 Å². The molecule has 0 unspecified atom stereocenters. The number of hydrogen-bond donors (Lipinski definition) is 2. The smallest absolute Gasteiger partial charge is 0.253 e. The first-order valence-corrected chi connectivity index (χ1v) is 8.15. The van der Waals surface area contributed by atoms with Crippen molar-refractivity contribution >= 4 is 10.0 Å². The van der Waals surface area contributed by atoms with Crippen LogP contribution in [0.5, 0.6) is 0 Å². The van der Waals surface area contributed by atoms with Crippen molar-refractivity contribution in [3.05, 3.63) is 29.8 Å². The van der Waals surface area contributed by atoms with E-state index in [0.717, 1.165) is 18.7 Å². The minimum Gasteiger partial charge on any atom is -0.396 e. The van der Waals surface area contributed by atoms with Gasteiger partial charge < -0.3 is 10.0 Å². The lowest BCUT2D eigenvalue weighted by atomic mass is 10.2. The van der Waals surface area contributed by atoms with Gasteiger partial charge in [-0.2, -0.15) is 0 Å². The average Bonchev–Trinajstić information content (AvgIpc) is 2.42. The third kappa shape index (κ3) is 4.00. The zero-order chi connectivity index (χ0) is 14.6. The molecule has 2 rings (SSSR count). The van der Waals surface area contributed by atoms with Crippen LogP contribution < -0.4 is 4.83 Å². The maximum atomic E-state index is 12.2. The van der Waals surface area contributed by atoms with E-state index < -0.39 is 10.0 Å². The van der Waals surface area contributed by atoms with Crippen molar-refractivity contribution in [2.24, 2.45) is 0 Å². The molecule has 0 atom stereocenters. The van der Waals surface area contributed by atoms with E-state index in [1.807, 2.05) is 7.05 Å². The zero-order valence-electron chi connectivity index (χ0n) is 11.6. The standard InChI is InChI=1S/C13H21N3O3S/c1-15-7-9-16(10-8-15)14-20(18,19)13-4-2-12(3-5-13)6-11-17/h2-5,14,17H,6-11H2,1H3. The maximum Gasteiger partial charge on any atom is 0.253 e. The summed E-state index contributed by atoms with van der Waals surface area (Å²) in [6, 6.07) is 6.61. The summed E-state index contributed by atoms with van der Waals surface area (Å²) >= 11 is 0. The second-order valence-corrected chi connectivity index (χ2v) is 6.66. The molecule has 0 amide bonds. The van der Waals surface area contributed by atoms with Crippen molar-refractivity contribution in [1.82, 2.24) is 14.7 Å². The van der Waals surface area contributed by atoms with Gasteiger partial charge in [0, 0.05) is 32.8 Å². The average molecular weight is 299 g/mol. The number of likely N-dealkylation sites (N-methyl/N-ethyl adjacent to an activating group) is 1. The van der Waals surface area contributed by atoms with Gasteiger partial charge in [-0.05, 0) is 31.2 Å². The summed E-state index contributed by atoms with van der Waals surface area (Å²) in [6.07, 6.45) is 0.534. The topological polar surface area (TPSA) is 72.9 Å². The number of piperazine rings is 1. The molecular weight excluding hydrogens is 278 g/mol. The quantitative estimate of drug-likeness (QED) is 0.778. The van der Waals surface area contributed by atoms with Crippen LogP contribution in [0.1, 0.15) is 5.56 Å². The lowest BCUT2D eigenvalue weighted by Crippen LogP contribution is -2.52. The number of aliphatic hydroxyl groups excluding tert-OH is 1. The fraction of sp³-hybridized carbons (Fsp3) is 0.538. The van der Waals surface area contributed by atoms with Gasteiger partial charge in [0.05, 0.1) is 4.90 Å². The molecule has 2 N–H and O–H groups in total. The predicted molar refractivity (Wildman–Crippen MR) is 76.6 cm³/mol. The molecule has 1 aromatic carbocycles. The number of rotatable bonds is 5. The minimum absolute atomic E-state index is 0.0612. The molecule has 20 heavy (non-hydrogen) atoms. The molecule has 0 bridgehead atoms. The number of hydrogen-bond acceptors (Lipinski definition) is 5. The molecule has 0 saturated carbocycles. The van der Waals surface area contributed by atoms with Crippen molar-refractivity contribution in [3.8, 4) is 0 Å². The highest BCUT2D eigenvalue weighted by atomic mass is 32.2. The van der Waals surface area contributed by atoms with Gasteiger partial charge in [0.1, 0.15) is 0 Å². The molecule has 0 aromatic heterocycles. The summed E-state index contributed by atoms with van der Waals surface area (Å²) in [5.74, 6) is 0. The van der Waals surface area contributed by atoms with Crippen molar-refractivity contribution in [2.75, 3.05) is 39.8 Å². The summed E-state index contributed by atoms with van der Waals surface area (Å²) in [5, 5.41) is 10.6. The van der Waals surface area contributed by atoms with E-state index in [9.17, 15) is 8.42 Å². The molecule has 112 valence electrons. The highest BCUT2D eigenvalue weighted by molar-refractivity contribution is 7.89. The number of aliphatic hydroxyl groups is 1. The molecule has 7 heteroatoms. The largest absolute Gasteiger partial charge is 0.396 e. The van der Waals surface area contributed by atoms with Crippen LogP contribution in [-0.4, -0.2) is 63.3 Å². The molecule has 6 nitrogen and oxygen atoms in total. The number of hydrazine groups is 1. The van der Waals surface area contributed by atoms with Gasteiger partial charge in [0.25, 0.3) is 10.0 Å². The Kier molecular flexibility index (Phi) is 5.11. The van der Waals surface area contributed by atoms with E-state index in [0.29, 0.717) is 19.5 Å². The van der Waals surface area contributed by atoms with E-state index in [-0.39, 0.29) is 11.5 Å². The molecule has 0 spiro atoms. The van der Waals surface area contributed by atoms with Crippen LogP contribution in [0, 0.1) is 0 Å². The Balaban J connectivity index is 2.02. The lowest BCUT2D eigenvalue weighted by molar-refractivity contribution is 0.135. The molecule has 1 aromatic rings. The van der Waals surface area contributed by atoms with Crippen LogP contribution in [0.4, 0.5) is 0 Å². The van der Waals surface area contributed by atoms with E-state index in [1.165, 1.54) is 0 Å². The number of nitrogens with one attached hydrogen (secondary N) is 1. The molecule has 1 heterocycles. The third-order valence-electron chi connectivity index (χ3n) is 3.39. The first-order valence-electron chi connectivity index (χ1n) is 6.67. The van der Waals surface area contributed by atoms with Crippen LogP contribution in [0.25, 0.3) is 0 Å². The SMILES string of the molecule is CN1CCN(NS(=O)(=O)c2ccc(CCO)cc2)CC1. The summed E-state index contributed by atoms with van der Waals surface area (Å²) in [7, 11) is -1.49. The van der Waals surface area contributed by atoms with Crippen LogP contribution in [0.15, 0.2) is 29.2 Å². The van der Waals surface area contributed by atoms with Crippen LogP contribution >= 0.6 is 0 Å². The van der Waals surface area contributed by atoms with Crippen molar-refractivity contribution < 1.29 is 13.5 Å². The van der Waals surface area contributed by atoms with Gasteiger partial charge in [0.2, 0.25) is 0 Å². The van der Waals surface area contributed by atoms with Crippen molar-refractivity contribution in [1.29, 1.82) is 0 Å². The van der Waals surface area contributed by atoms with E-state index in [1.54, 1.807) is 29.3 Å². The number of nitrogens with zero attached hydrogens (tertiary/aromatic N) is 2. The molecule has 1 fully saturated rings. The second-order valence-electron chi connectivity index (χ2n) is 5.00. The van der Waals surface area contributed by atoms with Gasteiger partial charge in [-0.15, -0.1) is 4.83 Å². The third-order valence-corrected chi connectivity index (χ3v) is 4.78. The summed E-state index contributed by atoms with van der Waals surface area (Å²) in [5.41, 5.74) is 0.922. The fourth-order valence-corrected chi connectivity index (χ4v) is 3.21. The Hall–Kier alpha value is -0.990. The summed E-state index contributed by atoms with van der Waals surface area (Å²) < 4.78 is 24.5. The molecule has 1 saturated heterocycles. The lowest BCUT2D eigenvalue weighted by Gasteiger charge is -2.32. The highest BCUT2D eigenvalue weighted by Gasteiger charge is 2.21. The fourth-order valence-electron chi connectivity index (χ4n) is 2.08. The van der Waals surface area contributed by atoms with Crippen molar-refractivity contribution in [2.45, 2.75) is 11.3 Å². The first-order chi connectivity index (χ1) is 9.51. The predicted octanol–water partition coefficient (Wildman–Crippen LogP) is -0.338. The minimum atomic E-state index is -3.51. The second kappa shape index (κ2) is 6.64. The Labute approximate surface area is 120 Å². The molecule has 0 aliphatic carbocycles. The summed E-state index contributed by atoms with van der Waals surface area (Å²) in [4.78, 5) is 5.02. The first kappa shape index (κ1) is 15.4. The highest BCUT2D eigenvalue weighted by Crippen LogP contribution is 2.12. The van der Waals surface area contributed by atoms with E-state index in [4.69, 9.17) is 5.11 Å². The number of sulfonamides is 1. The molecule has 0 radical (unpaired) electrons. The van der Waals surface area contributed by atoms with E-state index >= 15 is 0 Å². The van der Waals surface area contributed by atoms with Gasteiger partial charge >= 0.3 is 0 Å².